The van der Waals surface area contributed by atoms with E-state index in [4.69, 9.17) is 14.9 Å². The van der Waals surface area contributed by atoms with Crippen LogP contribution in [-0.2, 0) is 14.2 Å². The second kappa shape index (κ2) is 11.6. The number of amides is 2. The van der Waals surface area contributed by atoms with Crippen LogP contribution in [0.1, 0.15) is 30.6 Å². The number of aliphatic hydroxyl groups excluding tert-OH is 2. The van der Waals surface area contributed by atoms with Crippen molar-refractivity contribution in [2.75, 3.05) is 25.4 Å². The monoisotopic (exact) mass is 462 g/mol. The lowest BCUT2D eigenvalue weighted by atomic mass is 9.87. The maximum atomic E-state index is 12.0. The van der Waals surface area contributed by atoms with Gasteiger partial charge in [-0.3, -0.25) is 18.9 Å². The number of hydrogen-bond donors (Lipinski definition) is 6. The van der Waals surface area contributed by atoms with Crippen molar-refractivity contribution in [2.24, 2.45) is 5.41 Å². The summed E-state index contributed by atoms with van der Waals surface area (Å²) in [4.78, 5) is 53.7. The Kier molecular flexibility index (Phi) is 10.2. The summed E-state index contributed by atoms with van der Waals surface area (Å²) in [5.41, 5.74) is -0.706. The predicted octanol–water partition coefficient (Wildman–Crippen LogP) is -0.635. The number of benzene rings is 1. The van der Waals surface area contributed by atoms with Crippen LogP contribution in [0.5, 0.6) is 0 Å². The fraction of sp³-hybridized carbons (Fsp3) is 0.500. The molecule has 0 aliphatic heterocycles. The predicted molar refractivity (Wildman–Crippen MR) is 112 cm³/mol. The summed E-state index contributed by atoms with van der Waals surface area (Å²) in [6, 6.07) is 5.06. The van der Waals surface area contributed by atoms with E-state index in [1.165, 1.54) is 38.1 Å². The van der Waals surface area contributed by atoms with E-state index in [0.717, 1.165) is 11.8 Å². The van der Waals surface area contributed by atoms with E-state index in [-0.39, 0.29) is 48.0 Å². The van der Waals surface area contributed by atoms with Crippen molar-refractivity contribution in [3.05, 3.63) is 29.8 Å². The highest BCUT2D eigenvalue weighted by atomic mass is 32.2. The summed E-state index contributed by atoms with van der Waals surface area (Å²) in [5, 5.41) is 23.5. The highest BCUT2D eigenvalue weighted by molar-refractivity contribution is 8.14. The van der Waals surface area contributed by atoms with Gasteiger partial charge < -0.3 is 30.6 Å². The number of thioether (sulfide) groups is 1. The average molecular weight is 462 g/mol. The Balaban J connectivity index is 2.28. The first-order chi connectivity index (χ1) is 13.9. The summed E-state index contributed by atoms with van der Waals surface area (Å²) >= 11 is 0.949. The van der Waals surface area contributed by atoms with E-state index in [2.05, 4.69) is 10.6 Å². The van der Waals surface area contributed by atoms with Crippen molar-refractivity contribution in [1.82, 2.24) is 10.6 Å². The zero-order chi connectivity index (χ0) is 22.9. The summed E-state index contributed by atoms with van der Waals surface area (Å²) in [6.45, 7) is 2.93. The van der Waals surface area contributed by atoms with Gasteiger partial charge >= 0.3 is 7.60 Å². The van der Waals surface area contributed by atoms with Crippen LogP contribution in [0.2, 0.25) is 0 Å². The third kappa shape index (κ3) is 8.55. The van der Waals surface area contributed by atoms with Crippen molar-refractivity contribution in [3.63, 3.8) is 0 Å². The van der Waals surface area contributed by atoms with E-state index < -0.39 is 25.0 Å². The molecule has 12 heteroatoms. The van der Waals surface area contributed by atoms with Gasteiger partial charge in [0.05, 0.1) is 11.9 Å². The molecule has 2 amide bonds. The molecule has 0 unspecified atom stereocenters. The molecule has 0 aliphatic carbocycles. The Morgan fingerprint density at radius 1 is 1.10 bits per heavy atom. The molecule has 10 nitrogen and oxygen atoms in total. The van der Waals surface area contributed by atoms with Crippen LogP contribution >= 0.6 is 19.4 Å². The quantitative estimate of drug-likeness (QED) is 0.185. The van der Waals surface area contributed by atoms with Crippen molar-refractivity contribution < 1.29 is 38.9 Å². The second-order valence-electron chi connectivity index (χ2n) is 7.17. The van der Waals surface area contributed by atoms with Crippen LogP contribution in [0.3, 0.4) is 0 Å². The molecule has 1 aromatic rings. The van der Waals surface area contributed by atoms with Gasteiger partial charge in [-0.05, 0) is 24.3 Å². The van der Waals surface area contributed by atoms with Crippen LogP contribution in [0, 0.1) is 5.41 Å². The van der Waals surface area contributed by atoms with Crippen LogP contribution in [0.25, 0.3) is 0 Å². The molecule has 168 valence electrons. The summed E-state index contributed by atoms with van der Waals surface area (Å²) in [5.74, 6) is -0.723. The van der Waals surface area contributed by atoms with Crippen molar-refractivity contribution in [3.8, 4) is 0 Å². The number of nitrogens with one attached hydrogen (secondary N) is 2. The Bertz CT molecular complexity index is 794. The number of carbonyl (C=O) groups excluding carboxylic acids is 3. The zero-order valence-corrected chi connectivity index (χ0v) is 18.4. The number of aliphatic hydroxyl groups is 2. The molecule has 0 radical (unpaired) electrons. The second-order valence-corrected chi connectivity index (χ2v) is 9.84. The molecule has 0 aliphatic rings. The topological polar surface area (TPSA) is 173 Å². The van der Waals surface area contributed by atoms with E-state index in [0.29, 0.717) is 5.75 Å². The average Bonchev–Trinajstić information content (AvgIpc) is 2.69. The van der Waals surface area contributed by atoms with Gasteiger partial charge in [-0.25, -0.2) is 0 Å². The fourth-order valence-electron chi connectivity index (χ4n) is 2.13. The molecule has 1 aromatic carbocycles. The van der Waals surface area contributed by atoms with Crippen LogP contribution in [-0.4, -0.2) is 68.5 Å². The van der Waals surface area contributed by atoms with Gasteiger partial charge in [0.1, 0.15) is 6.10 Å². The van der Waals surface area contributed by atoms with E-state index in [1.807, 2.05) is 0 Å². The molecule has 30 heavy (non-hydrogen) atoms. The number of hydrogen-bond acceptors (Lipinski definition) is 7. The van der Waals surface area contributed by atoms with Crippen molar-refractivity contribution in [2.45, 2.75) is 26.4 Å². The van der Waals surface area contributed by atoms with E-state index in [9.17, 15) is 24.1 Å². The van der Waals surface area contributed by atoms with Gasteiger partial charge in [-0.2, -0.15) is 0 Å². The van der Waals surface area contributed by atoms with E-state index in [1.54, 1.807) is 0 Å². The van der Waals surface area contributed by atoms with Gasteiger partial charge in [0.15, 0.2) is 0 Å². The molecule has 0 fully saturated rings. The van der Waals surface area contributed by atoms with Gasteiger partial charge in [0, 0.05) is 36.2 Å². The Labute approximate surface area is 178 Å². The Hall–Kier alpha value is -1.75. The SMILES string of the molecule is CC(C)(CO)[C@@H](O)C(=O)NCCC(=O)NCCSC(=O)c1ccc(P(=O)(O)O)cc1. The van der Waals surface area contributed by atoms with Crippen molar-refractivity contribution in [1.29, 1.82) is 0 Å². The third-order valence-electron chi connectivity index (χ3n) is 4.14. The summed E-state index contributed by atoms with van der Waals surface area (Å²) in [7, 11) is -4.35. The minimum Gasteiger partial charge on any atom is -0.396 e. The van der Waals surface area contributed by atoms with Gasteiger partial charge in [-0.15, -0.1) is 0 Å². The van der Waals surface area contributed by atoms with Gasteiger partial charge in [0.2, 0.25) is 16.9 Å². The molecule has 0 heterocycles. The maximum absolute atomic E-state index is 12.0. The van der Waals surface area contributed by atoms with Gasteiger partial charge in [0.25, 0.3) is 0 Å². The van der Waals surface area contributed by atoms with Crippen LogP contribution in [0.15, 0.2) is 24.3 Å². The zero-order valence-electron chi connectivity index (χ0n) is 16.7. The Morgan fingerprint density at radius 2 is 1.70 bits per heavy atom. The summed E-state index contributed by atoms with van der Waals surface area (Å²) < 4.78 is 11.1. The molecule has 6 N–H and O–H groups in total. The first-order valence-electron chi connectivity index (χ1n) is 9.05. The number of rotatable bonds is 11. The molecule has 0 saturated heterocycles. The first-order valence-corrected chi connectivity index (χ1v) is 11.6. The molecular formula is C18H27N2O8PS. The molecule has 1 atom stereocenters. The molecule has 0 bridgehead atoms. The molecule has 0 aromatic heterocycles. The molecule has 1 rings (SSSR count). The third-order valence-corrected chi connectivity index (χ3v) is 6.02. The standard InChI is InChI=1S/C18H27N2O8PS/c1-18(2,11-21)15(23)16(24)20-8-7-14(22)19-9-10-30-17(25)12-3-5-13(6-4-12)29(26,27)28/h3-6,15,21,23H,7-11H2,1-2H3,(H,19,22)(H,20,24)(H2,26,27,28)/t15-/m0/s1. The normalized spacial score (nSPS) is 12.9. The lowest BCUT2D eigenvalue weighted by Gasteiger charge is -2.27. The van der Waals surface area contributed by atoms with Crippen molar-refractivity contribution >= 4 is 41.6 Å². The smallest absolute Gasteiger partial charge is 0.356 e. The Morgan fingerprint density at radius 3 is 2.23 bits per heavy atom. The summed E-state index contributed by atoms with van der Waals surface area (Å²) in [6.07, 6.45) is -1.41. The highest BCUT2D eigenvalue weighted by Gasteiger charge is 2.32. The largest absolute Gasteiger partial charge is 0.396 e. The minimum atomic E-state index is -4.35. The lowest BCUT2D eigenvalue weighted by molar-refractivity contribution is -0.137. The molecule has 0 spiro atoms. The molecule has 0 saturated carbocycles. The highest BCUT2D eigenvalue weighted by Crippen LogP contribution is 2.33. The fourth-order valence-corrected chi connectivity index (χ4v) is 3.36. The minimum absolute atomic E-state index is 0.0134. The lowest BCUT2D eigenvalue weighted by Crippen LogP contribution is -2.46. The van der Waals surface area contributed by atoms with Gasteiger partial charge in [-0.1, -0.05) is 25.6 Å². The first kappa shape index (κ1) is 26.3. The van der Waals surface area contributed by atoms with E-state index >= 15 is 0 Å². The van der Waals surface area contributed by atoms with Crippen LogP contribution < -0.4 is 15.9 Å². The maximum Gasteiger partial charge on any atom is 0.356 e. The molecular weight excluding hydrogens is 435 g/mol. The van der Waals surface area contributed by atoms with Crippen LogP contribution in [0.4, 0.5) is 0 Å². The number of carbonyl (C=O) groups is 3.